The minimum absolute atomic E-state index is 0.155. The monoisotopic (exact) mass is 313 g/mol. The van der Waals surface area contributed by atoms with Gasteiger partial charge < -0.3 is 20.5 Å². The van der Waals surface area contributed by atoms with E-state index in [0.29, 0.717) is 16.9 Å². The molecule has 3 rings (SSSR count). The molecule has 0 fully saturated rings. The predicted octanol–water partition coefficient (Wildman–Crippen LogP) is 2.55. The van der Waals surface area contributed by atoms with Crippen LogP contribution in [0.2, 0.25) is 0 Å². The molecule has 3 aromatic rings. The summed E-state index contributed by atoms with van der Waals surface area (Å²) in [6, 6.07) is 4.91. The summed E-state index contributed by atoms with van der Waals surface area (Å²) in [4.78, 5) is 13.1. The maximum absolute atomic E-state index is 9.71. The number of nitrogen functional groups attached to an aromatic ring is 1. The number of hydrogen-bond acceptors (Lipinski definition) is 6. The normalized spacial score (nSPS) is 12.9. The standard InChI is InChI=1S/C16H19N5O2/c1-8(2)21-7-18-14-13(19-16(17)20-15(14)21)9(3)10-4-5-11(22)12(23)6-10/h4-9,22-23H,1-3H3,(H2,17,19,20). The van der Waals surface area contributed by atoms with E-state index in [-0.39, 0.29) is 29.4 Å². The molecule has 0 saturated heterocycles. The van der Waals surface area contributed by atoms with Gasteiger partial charge in [-0.3, -0.25) is 0 Å². The van der Waals surface area contributed by atoms with Crippen LogP contribution in [0.1, 0.15) is 44.0 Å². The van der Waals surface area contributed by atoms with E-state index in [9.17, 15) is 10.2 Å². The summed E-state index contributed by atoms with van der Waals surface area (Å²) < 4.78 is 1.94. The first-order chi connectivity index (χ1) is 10.9. The van der Waals surface area contributed by atoms with Crippen LogP contribution in [0.5, 0.6) is 11.5 Å². The average Bonchev–Trinajstić information content (AvgIpc) is 2.92. The van der Waals surface area contributed by atoms with E-state index < -0.39 is 0 Å². The maximum Gasteiger partial charge on any atom is 0.222 e. The number of aromatic nitrogens is 4. The van der Waals surface area contributed by atoms with Crippen LogP contribution in [-0.4, -0.2) is 29.7 Å². The van der Waals surface area contributed by atoms with E-state index in [2.05, 4.69) is 15.0 Å². The highest BCUT2D eigenvalue weighted by Gasteiger charge is 2.20. The van der Waals surface area contributed by atoms with Gasteiger partial charge in [-0.1, -0.05) is 13.0 Å². The Morgan fingerprint density at radius 1 is 1.09 bits per heavy atom. The fraction of sp³-hybridized carbons (Fsp3) is 0.312. The second-order valence-corrected chi connectivity index (χ2v) is 5.85. The van der Waals surface area contributed by atoms with Gasteiger partial charge in [-0.2, -0.15) is 4.98 Å². The average molecular weight is 313 g/mol. The number of benzene rings is 1. The van der Waals surface area contributed by atoms with Crippen molar-refractivity contribution in [3.63, 3.8) is 0 Å². The smallest absolute Gasteiger partial charge is 0.222 e. The highest BCUT2D eigenvalue weighted by atomic mass is 16.3. The van der Waals surface area contributed by atoms with Crippen molar-refractivity contribution < 1.29 is 10.2 Å². The molecule has 0 saturated carbocycles. The first-order valence-electron chi connectivity index (χ1n) is 7.40. The first-order valence-corrected chi connectivity index (χ1v) is 7.40. The number of anilines is 1. The van der Waals surface area contributed by atoms with Crippen molar-refractivity contribution in [3.8, 4) is 11.5 Å². The number of aromatic hydroxyl groups is 2. The van der Waals surface area contributed by atoms with Crippen molar-refractivity contribution in [2.45, 2.75) is 32.7 Å². The highest BCUT2D eigenvalue weighted by Crippen LogP contribution is 2.33. The molecule has 0 bridgehead atoms. The number of nitrogens with zero attached hydrogens (tertiary/aromatic N) is 4. The Balaban J connectivity index is 2.16. The summed E-state index contributed by atoms with van der Waals surface area (Å²) in [6.45, 7) is 6.03. The van der Waals surface area contributed by atoms with E-state index in [1.54, 1.807) is 12.4 Å². The van der Waals surface area contributed by atoms with Crippen LogP contribution in [-0.2, 0) is 0 Å². The molecule has 0 amide bonds. The number of imidazole rings is 1. The van der Waals surface area contributed by atoms with Crippen LogP contribution in [0.4, 0.5) is 5.95 Å². The van der Waals surface area contributed by atoms with Gasteiger partial charge in [0.2, 0.25) is 5.95 Å². The van der Waals surface area contributed by atoms with Crippen molar-refractivity contribution in [1.82, 2.24) is 19.5 Å². The maximum atomic E-state index is 9.71. The van der Waals surface area contributed by atoms with E-state index >= 15 is 0 Å². The Bertz CT molecular complexity index is 872. The second kappa shape index (κ2) is 5.42. The van der Waals surface area contributed by atoms with Crippen molar-refractivity contribution in [2.24, 2.45) is 0 Å². The zero-order valence-corrected chi connectivity index (χ0v) is 13.2. The van der Waals surface area contributed by atoms with Crippen molar-refractivity contribution >= 4 is 17.1 Å². The largest absolute Gasteiger partial charge is 0.504 e. The Hall–Kier alpha value is -2.83. The zero-order valence-electron chi connectivity index (χ0n) is 13.2. The summed E-state index contributed by atoms with van der Waals surface area (Å²) in [5, 5.41) is 19.2. The molecular formula is C16H19N5O2. The summed E-state index contributed by atoms with van der Waals surface area (Å²) in [5.41, 5.74) is 8.75. The molecule has 2 aromatic heterocycles. The van der Waals surface area contributed by atoms with Crippen LogP contribution in [0, 0.1) is 0 Å². The van der Waals surface area contributed by atoms with Gasteiger partial charge in [-0.05, 0) is 31.5 Å². The molecule has 120 valence electrons. The molecule has 0 radical (unpaired) electrons. The lowest BCUT2D eigenvalue weighted by Gasteiger charge is -2.14. The van der Waals surface area contributed by atoms with Gasteiger partial charge in [-0.25, -0.2) is 9.97 Å². The van der Waals surface area contributed by atoms with Crippen LogP contribution < -0.4 is 5.73 Å². The third-order valence-electron chi connectivity index (χ3n) is 3.93. The van der Waals surface area contributed by atoms with Crippen LogP contribution in [0.15, 0.2) is 24.5 Å². The van der Waals surface area contributed by atoms with Gasteiger partial charge in [-0.15, -0.1) is 0 Å². The van der Waals surface area contributed by atoms with E-state index in [4.69, 9.17) is 5.73 Å². The SMILES string of the molecule is CC(c1ccc(O)c(O)c1)c1nc(N)nc2c1ncn2C(C)C. The predicted molar refractivity (Wildman–Crippen MR) is 87.4 cm³/mol. The van der Waals surface area contributed by atoms with Gasteiger partial charge in [0.1, 0.15) is 5.52 Å². The fourth-order valence-electron chi connectivity index (χ4n) is 2.60. The third kappa shape index (κ3) is 2.54. The van der Waals surface area contributed by atoms with Crippen LogP contribution >= 0.6 is 0 Å². The molecule has 0 aliphatic heterocycles. The van der Waals surface area contributed by atoms with E-state index in [1.807, 2.05) is 25.3 Å². The minimum atomic E-state index is -0.166. The highest BCUT2D eigenvalue weighted by molar-refractivity contribution is 5.76. The first kappa shape index (κ1) is 15.1. The molecular weight excluding hydrogens is 294 g/mol. The topological polar surface area (TPSA) is 110 Å². The number of nitrogens with two attached hydrogens (primary N) is 1. The molecule has 2 heterocycles. The number of fused-ring (bicyclic) bond motifs is 1. The minimum Gasteiger partial charge on any atom is -0.504 e. The zero-order chi connectivity index (χ0) is 16.7. The lowest BCUT2D eigenvalue weighted by Crippen LogP contribution is -2.07. The lowest BCUT2D eigenvalue weighted by molar-refractivity contribution is 0.403. The molecule has 23 heavy (non-hydrogen) atoms. The quantitative estimate of drug-likeness (QED) is 0.641. The lowest BCUT2D eigenvalue weighted by atomic mass is 9.96. The Morgan fingerprint density at radius 2 is 1.83 bits per heavy atom. The molecule has 1 aromatic carbocycles. The number of phenolic OH excluding ortho intramolecular Hbond substituents is 2. The number of phenols is 2. The summed E-state index contributed by atoms with van der Waals surface area (Å²) in [7, 11) is 0. The Morgan fingerprint density at radius 3 is 2.48 bits per heavy atom. The van der Waals surface area contributed by atoms with E-state index in [1.165, 1.54) is 12.1 Å². The second-order valence-electron chi connectivity index (χ2n) is 5.85. The number of rotatable bonds is 3. The van der Waals surface area contributed by atoms with Gasteiger partial charge in [0.05, 0.1) is 12.0 Å². The molecule has 4 N–H and O–H groups in total. The van der Waals surface area contributed by atoms with Crippen molar-refractivity contribution in [3.05, 3.63) is 35.8 Å². The van der Waals surface area contributed by atoms with Gasteiger partial charge in [0.15, 0.2) is 17.1 Å². The Labute approximate surface area is 133 Å². The Kier molecular flexibility index (Phi) is 3.55. The third-order valence-corrected chi connectivity index (χ3v) is 3.93. The molecule has 0 aliphatic carbocycles. The van der Waals surface area contributed by atoms with Crippen molar-refractivity contribution in [2.75, 3.05) is 5.73 Å². The molecule has 7 nitrogen and oxygen atoms in total. The molecule has 0 aliphatic rings. The van der Waals surface area contributed by atoms with E-state index in [0.717, 1.165) is 5.56 Å². The molecule has 1 unspecified atom stereocenters. The van der Waals surface area contributed by atoms with Crippen molar-refractivity contribution in [1.29, 1.82) is 0 Å². The van der Waals surface area contributed by atoms with Gasteiger partial charge in [0, 0.05) is 12.0 Å². The summed E-state index contributed by atoms with van der Waals surface area (Å²) in [5.74, 6) is -0.299. The van der Waals surface area contributed by atoms with Gasteiger partial charge in [0.25, 0.3) is 0 Å². The fourth-order valence-corrected chi connectivity index (χ4v) is 2.60. The van der Waals surface area contributed by atoms with Crippen LogP contribution in [0.3, 0.4) is 0 Å². The van der Waals surface area contributed by atoms with Gasteiger partial charge >= 0.3 is 0 Å². The molecule has 0 spiro atoms. The van der Waals surface area contributed by atoms with Crippen LogP contribution in [0.25, 0.3) is 11.2 Å². The summed E-state index contributed by atoms with van der Waals surface area (Å²) >= 11 is 0. The summed E-state index contributed by atoms with van der Waals surface area (Å²) in [6.07, 6.45) is 1.73. The molecule has 7 heteroatoms. The molecule has 1 atom stereocenters. The number of hydrogen-bond donors (Lipinski definition) is 3.